The molecule has 40 heavy (non-hydrogen) atoms. The van der Waals surface area contributed by atoms with Crippen LogP contribution in [0, 0.1) is 11.7 Å². The van der Waals surface area contributed by atoms with Gasteiger partial charge in [-0.25, -0.2) is 12.8 Å². The summed E-state index contributed by atoms with van der Waals surface area (Å²) in [6, 6.07) is 19.7. The number of hydrogen-bond acceptors (Lipinski definition) is 6. The fourth-order valence-electron chi connectivity index (χ4n) is 5.05. The largest absolute Gasteiger partial charge is 0.495 e. The SMILES string of the molecule is COc1ccc(F)cc1S(=O)(=O)N1CCC[C@H](C(=O)N2C[C@H](C(=O)NCc3ccccc3)Oc3ccccc32)C1. The predicted octanol–water partition coefficient (Wildman–Crippen LogP) is 3.35. The number of nitrogens with zero attached hydrogens (tertiary/aromatic N) is 2. The van der Waals surface area contributed by atoms with E-state index in [1.807, 2.05) is 30.3 Å². The van der Waals surface area contributed by atoms with Crippen molar-refractivity contribution in [3.63, 3.8) is 0 Å². The summed E-state index contributed by atoms with van der Waals surface area (Å²) < 4.78 is 53.3. The summed E-state index contributed by atoms with van der Waals surface area (Å²) in [5.74, 6) is -1.61. The van der Waals surface area contributed by atoms with Crippen LogP contribution < -0.4 is 19.7 Å². The van der Waals surface area contributed by atoms with Crippen LogP contribution in [0.3, 0.4) is 0 Å². The highest BCUT2D eigenvalue weighted by molar-refractivity contribution is 7.89. The number of sulfonamides is 1. The number of benzene rings is 3. The molecule has 210 valence electrons. The summed E-state index contributed by atoms with van der Waals surface area (Å²) in [5.41, 5.74) is 1.45. The lowest BCUT2D eigenvalue weighted by atomic mass is 9.97. The number of carbonyl (C=O) groups excluding carboxylic acids is 2. The molecule has 1 N–H and O–H groups in total. The van der Waals surface area contributed by atoms with Crippen molar-refractivity contribution in [3.8, 4) is 11.5 Å². The number of anilines is 1. The molecular weight excluding hydrogens is 537 g/mol. The maximum atomic E-state index is 14.0. The molecule has 1 saturated heterocycles. The van der Waals surface area contributed by atoms with Crippen LogP contribution in [-0.2, 0) is 26.2 Å². The minimum atomic E-state index is -4.13. The molecule has 11 heteroatoms. The molecule has 0 unspecified atom stereocenters. The van der Waals surface area contributed by atoms with Crippen LogP contribution in [0.1, 0.15) is 18.4 Å². The van der Waals surface area contributed by atoms with Crippen LogP contribution in [0.2, 0.25) is 0 Å². The normalized spacial score (nSPS) is 19.3. The van der Waals surface area contributed by atoms with Gasteiger partial charge in [0.15, 0.2) is 6.10 Å². The first kappa shape index (κ1) is 27.6. The number of hydrogen-bond donors (Lipinski definition) is 1. The van der Waals surface area contributed by atoms with Gasteiger partial charge in [-0.2, -0.15) is 4.31 Å². The highest BCUT2D eigenvalue weighted by atomic mass is 32.2. The van der Waals surface area contributed by atoms with E-state index in [9.17, 15) is 22.4 Å². The molecule has 0 saturated carbocycles. The number of methoxy groups -OCH3 is 1. The number of carbonyl (C=O) groups is 2. The van der Waals surface area contributed by atoms with E-state index in [0.29, 0.717) is 30.8 Å². The Morgan fingerprint density at radius 2 is 1.80 bits per heavy atom. The predicted molar refractivity (Wildman–Crippen MR) is 146 cm³/mol. The van der Waals surface area contributed by atoms with Gasteiger partial charge in [-0.05, 0) is 48.7 Å². The Hall–Kier alpha value is -3.96. The summed E-state index contributed by atoms with van der Waals surface area (Å²) in [4.78, 5) is 28.2. The maximum Gasteiger partial charge on any atom is 0.263 e. The zero-order chi connectivity index (χ0) is 28.3. The van der Waals surface area contributed by atoms with Crippen LogP contribution in [-0.4, -0.2) is 57.4 Å². The Balaban J connectivity index is 1.35. The molecule has 2 aliphatic rings. The smallest absolute Gasteiger partial charge is 0.263 e. The van der Waals surface area contributed by atoms with Crippen molar-refractivity contribution in [3.05, 3.63) is 84.2 Å². The number of ether oxygens (including phenoxy) is 2. The summed E-state index contributed by atoms with van der Waals surface area (Å²) >= 11 is 0. The van der Waals surface area contributed by atoms with Gasteiger partial charge in [0.1, 0.15) is 22.2 Å². The zero-order valence-electron chi connectivity index (χ0n) is 22.0. The van der Waals surface area contributed by atoms with Gasteiger partial charge in [-0.15, -0.1) is 0 Å². The van der Waals surface area contributed by atoms with E-state index in [1.54, 1.807) is 24.3 Å². The topological polar surface area (TPSA) is 105 Å². The molecule has 0 radical (unpaired) electrons. The molecule has 3 aromatic carbocycles. The van der Waals surface area contributed by atoms with E-state index in [4.69, 9.17) is 9.47 Å². The fourth-order valence-corrected chi connectivity index (χ4v) is 6.74. The average molecular weight is 568 g/mol. The molecule has 0 bridgehead atoms. The Morgan fingerprint density at radius 1 is 1.05 bits per heavy atom. The van der Waals surface area contributed by atoms with Crippen LogP contribution in [0.4, 0.5) is 10.1 Å². The van der Waals surface area contributed by atoms with Crippen LogP contribution >= 0.6 is 0 Å². The van der Waals surface area contributed by atoms with Crippen molar-refractivity contribution >= 4 is 27.5 Å². The van der Waals surface area contributed by atoms with E-state index >= 15 is 0 Å². The van der Waals surface area contributed by atoms with Crippen molar-refractivity contribution in [2.24, 2.45) is 5.92 Å². The summed E-state index contributed by atoms with van der Waals surface area (Å²) in [7, 11) is -2.82. The Labute approximate surface area is 232 Å². The lowest BCUT2D eigenvalue weighted by molar-refractivity contribution is -0.129. The summed E-state index contributed by atoms with van der Waals surface area (Å²) in [6.45, 7) is 0.410. The second-order valence-electron chi connectivity index (χ2n) is 9.72. The van der Waals surface area contributed by atoms with Gasteiger partial charge in [-0.1, -0.05) is 42.5 Å². The highest BCUT2D eigenvalue weighted by Gasteiger charge is 2.40. The maximum absolute atomic E-state index is 14.0. The third-order valence-corrected chi connectivity index (χ3v) is 9.00. The van der Waals surface area contributed by atoms with Crippen molar-refractivity contribution in [1.82, 2.24) is 9.62 Å². The van der Waals surface area contributed by atoms with Crippen LogP contribution in [0.15, 0.2) is 77.7 Å². The first-order chi connectivity index (χ1) is 19.3. The molecule has 0 spiro atoms. The monoisotopic (exact) mass is 567 g/mol. The summed E-state index contributed by atoms with van der Waals surface area (Å²) in [5, 5.41) is 2.87. The second kappa shape index (κ2) is 11.6. The van der Waals surface area contributed by atoms with Crippen LogP contribution in [0.25, 0.3) is 0 Å². The van der Waals surface area contributed by atoms with Crippen molar-refractivity contribution < 1.29 is 31.9 Å². The Kier molecular flexibility index (Phi) is 8.04. The van der Waals surface area contributed by atoms with Gasteiger partial charge < -0.3 is 19.7 Å². The lowest BCUT2D eigenvalue weighted by Crippen LogP contribution is -2.53. The van der Waals surface area contributed by atoms with Crippen molar-refractivity contribution in [2.45, 2.75) is 30.4 Å². The Morgan fingerprint density at radius 3 is 2.58 bits per heavy atom. The van der Waals surface area contributed by atoms with E-state index < -0.39 is 27.9 Å². The number of para-hydroxylation sites is 2. The number of nitrogens with one attached hydrogen (secondary N) is 1. The molecule has 0 aliphatic carbocycles. The van der Waals surface area contributed by atoms with Gasteiger partial charge in [0.25, 0.3) is 5.91 Å². The molecular formula is C29H30FN3O6S. The highest BCUT2D eigenvalue weighted by Crippen LogP contribution is 2.36. The number of rotatable bonds is 7. The van der Waals surface area contributed by atoms with Gasteiger partial charge >= 0.3 is 0 Å². The average Bonchev–Trinajstić information content (AvgIpc) is 2.99. The molecule has 9 nitrogen and oxygen atoms in total. The fraction of sp³-hybridized carbons (Fsp3) is 0.310. The van der Waals surface area contributed by atoms with Crippen LogP contribution in [0.5, 0.6) is 11.5 Å². The van der Waals surface area contributed by atoms with Gasteiger partial charge in [-0.3, -0.25) is 9.59 Å². The molecule has 2 heterocycles. The van der Waals surface area contributed by atoms with E-state index in [0.717, 1.165) is 17.7 Å². The minimum absolute atomic E-state index is 0.0164. The zero-order valence-corrected chi connectivity index (χ0v) is 22.8. The first-order valence-electron chi connectivity index (χ1n) is 13.0. The lowest BCUT2D eigenvalue weighted by Gasteiger charge is -2.38. The quantitative estimate of drug-likeness (QED) is 0.470. The van der Waals surface area contributed by atoms with E-state index in [2.05, 4.69) is 5.32 Å². The molecule has 2 amide bonds. The van der Waals surface area contributed by atoms with Crippen molar-refractivity contribution in [1.29, 1.82) is 0 Å². The van der Waals surface area contributed by atoms with Gasteiger partial charge in [0, 0.05) is 19.6 Å². The number of halogens is 1. The standard InChI is InChI=1S/C29H30FN3O6S/c1-38-25-14-13-22(30)16-27(25)40(36,37)32-15-7-10-21(18-32)29(35)33-19-26(39-24-12-6-5-11-23(24)33)28(34)31-17-20-8-3-2-4-9-20/h2-6,8-9,11-14,16,21,26H,7,10,15,17-19H2,1H3,(H,31,34)/t21-,26+/m0/s1. The summed E-state index contributed by atoms with van der Waals surface area (Å²) in [6.07, 6.45) is -0.0296. The Bertz CT molecular complexity index is 1500. The van der Waals surface area contributed by atoms with Gasteiger partial charge in [0.05, 0.1) is 25.3 Å². The molecule has 0 aromatic heterocycles. The second-order valence-corrected chi connectivity index (χ2v) is 11.6. The molecule has 3 aromatic rings. The van der Waals surface area contributed by atoms with Gasteiger partial charge in [0.2, 0.25) is 15.9 Å². The third-order valence-electron chi connectivity index (χ3n) is 7.12. The first-order valence-corrected chi connectivity index (χ1v) is 14.4. The number of fused-ring (bicyclic) bond motifs is 1. The molecule has 2 aliphatic heterocycles. The third kappa shape index (κ3) is 5.66. The number of piperidine rings is 1. The van der Waals surface area contributed by atoms with E-state index in [-0.39, 0.29) is 42.1 Å². The van der Waals surface area contributed by atoms with Crippen molar-refractivity contribution in [2.75, 3.05) is 31.6 Å². The minimum Gasteiger partial charge on any atom is -0.495 e. The van der Waals surface area contributed by atoms with E-state index in [1.165, 1.54) is 22.4 Å². The number of amides is 2. The molecule has 1 fully saturated rings. The molecule has 5 rings (SSSR count). The molecule has 2 atom stereocenters.